The van der Waals surface area contributed by atoms with Crippen molar-refractivity contribution < 1.29 is 0 Å². The molecular weight excluding hydrogens is 236 g/mol. The lowest BCUT2D eigenvalue weighted by Gasteiger charge is -2.22. The van der Waals surface area contributed by atoms with Gasteiger partial charge in [0.1, 0.15) is 11.9 Å². The van der Waals surface area contributed by atoms with Crippen molar-refractivity contribution in [3.8, 4) is 6.07 Å². The first-order valence-electron chi connectivity index (χ1n) is 7.15. The van der Waals surface area contributed by atoms with Crippen LogP contribution >= 0.6 is 0 Å². The highest BCUT2D eigenvalue weighted by Crippen LogP contribution is 2.26. The summed E-state index contributed by atoms with van der Waals surface area (Å²) in [7, 11) is 0. The highest BCUT2D eigenvalue weighted by Gasteiger charge is 2.19. The van der Waals surface area contributed by atoms with Gasteiger partial charge in [0, 0.05) is 13.1 Å². The van der Waals surface area contributed by atoms with Crippen LogP contribution in [0.2, 0.25) is 0 Å². The first-order valence-corrected chi connectivity index (χ1v) is 7.15. The second kappa shape index (κ2) is 6.42. The van der Waals surface area contributed by atoms with Gasteiger partial charge in [0.25, 0.3) is 0 Å². The topological polar surface area (TPSA) is 65.9 Å². The predicted octanol–water partition coefficient (Wildman–Crippen LogP) is 2.94. The molecule has 1 aliphatic rings. The quantitative estimate of drug-likeness (QED) is 0.905. The van der Waals surface area contributed by atoms with E-state index in [9.17, 15) is 5.26 Å². The molecule has 1 aromatic rings. The van der Waals surface area contributed by atoms with Crippen LogP contribution in [0.1, 0.15) is 44.6 Å². The van der Waals surface area contributed by atoms with Crippen molar-refractivity contribution in [3.63, 3.8) is 0 Å². The summed E-state index contributed by atoms with van der Waals surface area (Å²) < 4.78 is 0. The Labute approximate surface area is 115 Å². The zero-order valence-corrected chi connectivity index (χ0v) is 11.6. The lowest BCUT2D eigenvalue weighted by Crippen LogP contribution is -2.26. The molecule has 1 saturated heterocycles. The van der Waals surface area contributed by atoms with Gasteiger partial charge >= 0.3 is 0 Å². The van der Waals surface area contributed by atoms with E-state index in [-0.39, 0.29) is 0 Å². The van der Waals surface area contributed by atoms with Crippen LogP contribution in [-0.4, -0.2) is 18.1 Å². The van der Waals surface area contributed by atoms with Crippen LogP contribution in [0.4, 0.5) is 11.5 Å². The van der Waals surface area contributed by atoms with Crippen molar-refractivity contribution >= 4 is 11.5 Å². The summed E-state index contributed by atoms with van der Waals surface area (Å²) >= 11 is 0. The number of hydrogen-bond donors (Lipinski definition) is 1. The molecule has 0 saturated carbocycles. The summed E-state index contributed by atoms with van der Waals surface area (Å²) in [6, 6.07) is 3.93. The minimum absolute atomic E-state index is 0.555. The molecule has 0 radical (unpaired) electrons. The molecule has 1 aromatic heterocycles. The Morgan fingerprint density at radius 2 is 2.32 bits per heavy atom. The molecule has 19 heavy (non-hydrogen) atoms. The van der Waals surface area contributed by atoms with Gasteiger partial charge in [-0.05, 0) is 31.2 Å². The third kappa shape index (κ3) is 3.37. The van der Waals surface area contributed by atoms with Crippen molar-refractivity contribution in [2.24, 2.45) is 5.92 Å². The summed E-state index contributed by atoms with van der Waals surface area (Å²) in [5.41, 5.74) is 6.84. The molecule has 2 heterocycles. The zero-order valence-electron chi connectivity index (χ0n) is 11.6. The molecule has 0 amide bonds. The van der Waals surface area contributed by atoms with Gasteiger partial charge in [-0.25, -0.2) is 4.98 Å². The highest BCUT2D eigenvalue weighted by atomic mass is 15.2. The molecule has 0 bridgehead atoms. The lowest BCUT2D eigenvalue weighted by atomic mass is 9.96. The van der Waals surface area contributed by atoms with Crippen molar-refractivity contribution in [2.75, 3.05) is 23.7 Å². The van der Waals surface area contributed by atoms with Gasteiger partial charge in [0.2, 0.25) is 0 Å². The molecule has 0 aliphatic carbocycles. The van der Waals surface area contributed by atoms with E-state index < -0.39 is 0 Å². The summed E-state index contributed by atoms with van der Waals surface area (Å²) in [5, 5.41) is 9.21. The van der Waals surface area contributed by atoms with E-state index in [1.165, 1.54) is 32.1 Å². The molecule has 1 unspecified atom stereocenters. The van der Waals surface area contributed by atoms with E-state index in [1.807, 2.05) is 0 Å². The maximum absolute atomic E-state index is 9.21. The molecule has 1 fully saturated rings. The van der Waals surface area contributed by atoms with Gasteiger partial charge in [0.05, 0.1) is 17.4 Å². The van der Waals surface area contributed by atoms with Crippen LogP contribution in [-0.2, 0) is 0 Å². The minimum atomic E-state index is 0.555. The third-order valence-corrected chi connectivity index (χ3v) is 3.85. The molecule has 2 N–H and O–H groups in total. The maximum Gasteiger partial charge on any atom is 0.146 e. The molecule has 102 valence electrons. The van der Waals surface area contributed by atoms with Crippen molar-refractivity contribution in [1.82, 2.24) is 4.98 Å². The van der Waals surface area contributed by atoms with E-state index in [1.54, 1.807) is 12.3 Å². The second-order valence-electron chi connectivity index (χ2n) is 5.32. The van der Waals surface area contributed by atoms with E-state index in [0.29, 0.717) is 11.3 Å². The minimum Gasteiger partial charge on any atom is -0.397 e. The van der Waals surface area contributed by atoms with Crippen LogP contribution < -0.4 is 10.6 Å². The van der Waals surface area contributed by atoms with Crippen molar-refractivity contribution in [2.45, 2.75) is 39.0 Å². The molecule has 0 spiro atoms. The SMILES string of the molecule is CCCC1CCCN(c2ncc(N)cc2C#N)CC1. The highest BCUT2D eigenvalue weighted by molar-refractivity contribution is 5.58. The van der Waals surface area contributed by atoms with E-state index in [4.69, 9.17) is 5.73 Å². The van der Waals surface area contributed by atoms with Crippen LogP contribution in [0.15, 0.2) is 12.3 Å². The fourth-order valence-corrected chi connectivity index (χ4v) is 2.88. The van der Waals surface area contributed by atoms with Crippen LogP contribution in [0.5, 0.6) is 0 Å². The Balaban J connectivity index is 2.12. The first-order chi connectivity index (χ1) is 9.24. The fourth-order valence-electron chi connectivity index (χ4n) is 2.88. The van der Waals surface area contributed by atoms with Crippen LogP contribution in [0.25, 0.3) is 0 Å². The van der Waals surface area contributed by atoms with Gasteiger partial charge in [0.15, 0.2) is 0 Å². The van der Waals surface area contributed by atoms with Crippen molar-refractivity contribution in [1.29, 1.82) is 5.26 Å². The number of anilines is 2. The number of nitriles is 1. The number of hydrogen-bond acceptors (Lipinski definition) is 4. The zero-order chi connectivity index (χ0) is 13.7. The molecule has 0 aromatic carbocycles. The fraction of sp³-hybridized carbons (Fsp3) is 0.600. The number of nitrogens with two attached hydrogens (primary N) is 1. The number of aromatic nitrogens is 1. The van der Waals surface area contributed by atoms with Gasteiger partial charge < -0.3 is 10.6 Å². The third-order valence-electron chi connectivity index (χ3n) is 3.85. The Morgan fingerprint density at radius 1 is 1.47 bits per heavy atom. The Kier molecular flexibility index (Phi) is 4.62. The van der Waals surface area contributed by atoms with Crippen LogP contribution in [0, 0.1) is 17.2 Å². The Hall–Kier alpha value is -1.76. The molecule has 1 aliphatic heterocycles. The normalized spacial score (nSPS) is 19.8. The number of nitrogen functional groups attached to an aromatic ring is 1. The molecule has 1 atom stereocenters. The predicted molar refractivity (Wildman–Crippen MR) is 77.8 cm³/mol. The van der Waals surface area contributed by atoms with E-state index in [0.717, 1.165) is 24.8 Å². The molecule has 4 nitrogen and oxygen atoms in total. The average molecular weight is 258 g/mol. The number of nitrogens with zero attached hydrogens (tertiary/aromatic N) is 3. The standard InChI is InChI=1S/C15H22N4/c1-2-4-12-5-3-7-19(8-6-12)15-13(10-16)9-14(17)11-18-15/h9,11-12H,2-8,17H2,1H3. The molecular formula is C15H22N4. The summed E-state index contributed by atoms with van der Waals surface area (Å²) in [5.74, 6) is 1.63. The number of pyridine rings is 1. The van der Waals surface area contributed by atoms with Gasteiger partial charge in [-0.15, -0.1) is 0 Å². The van der Waals surface area contributed by atoms with Gasteiger partial charge in [-0.3, -0.25) is 0 Å². The van der Waals surface area contributed by atoms with Crippen molar-refractivity contribution in [3.05, 3.63) is 17.8 Å². The summed E-state index contributed by atoms with van der Waals surface area (Å²) in [6.45, 7) is 4.24. The lowest BCUT2D eigenvalue weighted by molar-refractivity contribution is 0.435. The monoisotopic (exact) mass is 258 g/mol. The average Bonchev–Trinajstić information content (AvgIpc) is 2.65. The Morgan fingerprint density at radius 3 is 3.05 bits per heavy atom. The largest absolute Gasteiger partial charge is 0.397 e. The van der Waals surface area contributed by atoms with E-state index in [2.05, 4.69) is 22.9 Å². The second-order valence-corrected chi connectivity index (χ2v) is 5.32. The number of rotatable bonds is 3. The van der Waals surface area contributed by atoms with Gasteiger partial charge in [-0.2, -0.15) is 5.26 Å². The Bertz CT molecular complexity index is 464. The summed E-state index contributed by atoms with van der Waals surface area (Å²) in [4.78, 5) is 6.61. The van der Waals surface area contributed by atoms with Gasteiger partial charge in [-0.1, -0.05) is 19.8 Å². The molecule has 4 heteroatoms. The summed E-state index contributed by atoms with van der Waals surface area (Å²) in [6.07, 6.45) is 7.89. The smallest absolute Gasteiger partial charge is 0.146 e. The van der Waals surface area contributed by atoms with Crippen LogP contribution in [0.3, 0.4) is 0 Å². The maximum atomic E-state index is 9.21. The molecule has 2 rings (SSSR count). The first kappa shape index (κ1) is 13.7. The van der Waals surface area contributed by atoms with E-state index >= 15 is 0 Å².